The van der Waals surface area contributed by atoms with Crippen LogP contribution in [0.25, 0.3) is 5.69 Å². The van der Waals surface area contributed by atoms with Gasteiger partial charge in [0.1, 0.15) is 12.4 Å². The molecule has 0 fully saturated rings. The number of hydrogen-bond donors (Lipinski definition) is 0. The van der Waals surface area contributed by atoms with Gasteiger partial charge in [0.25, 0.3) is 0 Å². The maximum absolute atomic E-state index is 12.1. The highest BCUT2D eigenvalue weighted by atomic mass is 16.5. The minimum absolute atomic E-state index is 0.284. The van der Waals surface area contributed by atoms with Crippen LogP contribution < -0.4 is 10.4 Å². The van der Waals surface area contributed by atoms with Crippen molar-refractivity contribution in [3.8, 4) is 11.4 Å². The number of hydrogen-bond acceptors (Lipinski definition) is 4. The Labute approximate surface area is 140 Å². The second-order valence-electron chi connectivity index (χ2n) is 5.90. The summed E-state index contributed by atoms with van der Waals surface area (Å²) < 4.78 is 8.45. The quantitative estimate of drug-likeness (QED) is 0.739. The van der Waals surface area contributed by atoms with Crippen LogP contribution in [-0.4, -0.2) is 19.8 Å². The summed E-state index contributed by atoms with van der Waals surface area (Å²) in [6.45, 7) is 6.47. The number of ether oxygens (including phenoxy) is 1. The Balaban J connectivity index is 1.94. The van der Waals surface area contributed by atoms with Crippen LogP contribution in [0, 0.1) is 20.8 Å². The Bertz CT molecular complexity index is 940. The van der Waals surface area contributed by atoms with Gasteiger partial charge in [0.15, 0.2) is 0 Å². The molecule has 0 N–H and O–H groups in total. The smallest absolute Gasteiger partial charge is 0.368 e. The van der Waals surface area contributed by atoms with Crippen LogP contribution in [0.5, 0.6) is 5.75 Å². The number of aromatic nitrogens is 4. The van der Waals surface area contributed by atoms with Gasteiger partial charge in [-0.1, -0.05) is 18.2 Å². The van der Waals surface area contributed by atoms with Gasteiger partial charge in [0, 0.05) is 12.6 Å². The van der Waals surface area contributed by atoms with Crippen molar-refractivity contribution >= 4 is 0 Å². The molecule has 124 valence electrons. The van der Waals surface area contributed by atoms with Gasteiger partial charge in [-0.05, 0) is 66.1 Å². The zero-order valence-corrected chi connectivity index (χ0v) is 14.3. The third-order valence-electron chi connectivity index (χ3n) is 4.20. The maximum Gasteiger partial charge on any atom is 0.368 e. The van der Waals surface area contributed by atoms with Crippen molar-refractivity contribution in [2.75, 3.05) is 0 Å². The minimum Gasteiger partial charge on any atom is -0.489 e. The largest absolute Gasteiger partial charge is 0.489 e. The monoisotopic (exact) mass is 324 g/mol. The summed E-state index contributed by atoms with van der Waals surface area (Å²) in [4.78, 5) is 12.1. The van der Waals surface area contributed by atoms with E-state index >= 15 is 0 Å². The normalized spacial score (nSPS) is 10.8. The van der Waals surface area contributed by atoms with Gasteiger partial charge in [-0.3, -0.25) is 0 Å². The van der Waals surface area contributed by atoms with Crippen molar-refractivity contribution in [3.05, 3.63) is 69.1 Å². The second-order valence-corrected chi connectivity index (χ2v) is 5.90. The Hall–Kier alpha value is -2.89. The topological polar surface area (TPSA) is 61.9 Å². The molecule has 0 aliphatic carbocycles. The van der Waals surface area contributed by atoms with Crippen LogP contribution in [0.3, 0.4) is 0 Å². The summed E-state index contributed by atoms with van der Waals surface area (Å²) in [6.07, 6.45) is 0. The van der Waals surface area contributed by atoms with E-state index in [2.05, 4.69) is 24.3 Å². The molecule has 3 rings (SSSR count). The van der Waals surface area contributed by atoms with Crippen LogP contribution in [-0.2, 0) is 13.7 Å². The predicted octanol–water partition coefficient (Wildman–Crippen LogP) is 2.47. The Kier molecular flexibility index (Phi) is 4.20. The van der Waals surface area contributed by atoms with Gasteiger partial charge < -0.3 is 4.74 Å². The lowest BCUT2D eigenvalue weighted by Gasteiger charge is -2.13. The van der Waals surface area contributed by atoms with Crippen molar-refractivity contribution in [2.24, 2.45) is 7.05 Å². The Morgan fingerprint density at radius 2 is 1.79 bits per heavy atom. The van der Waals surface area contributed by atoms with Crippen LogP contribution in [0.4, 0.5) is 0 Å². The number of benzene rings is 2. The summed E-state index contributed by atoms with van der Waals surface area (Å²) in [7, 11) is 1.58. The molecular formula is C18H20N4O2. The molecule has 1 heterocycles. The minimum atomic E-state index is -0.284. The van der Waals surface area contributed by atoms with E-state index in [4.69, 9.17) is 4.74 Å². The lowest BCUT2D eigenvalue weighted by molar-refractivity contribution is 0.304. The summed E-state index contributed by atoms with van der Waals surface area (Å²) in [5.74, 6) is 0.804. The van der Waals surface area contributed by atoms with E-state index in [0.717, 1.165) is 16.9 Å². The zero-order chi connectivity index (χ0) is 17.3. The van der Waals surface area contributed by atoms with Crippen LogP contribution in [0.15, 0.2) is 41.2 Å². The van der Waals surface area contributed by atoms with Crippen LogP contribution >= 0.6 is 0 Å². The van der Waals surface area contributed by atoms with E-state index in [1.165, 1.54) is 20.5 Å². The second kappa shape index (κ2) is 6.31. The van der Waals surface area contributed by atoms with Gasteiger partial charge >= 0.3 is 5.69 Å². The molecule has 0 bridgehead atoms. The molecule has 0 radical (unpaired) electrons. The van der Waals surface area contributed by atoms with Crippen molar-refractivity contribution in [3.63, 3.8) is 0 Å². The van der Waals surface area contributed by atoms with Crippen molar-refractivity contribution in [1.29, 1.82) is 0 Å². The highest BCUT2D eigenvalue weighted by molar-refractivity contribution is 5.45. The van der Waals surface area contributed by atoms with Gasteiger partial charge in [0.05, 0.1) is 5.69 Å². The molecule has 0 amide bonds. The van der Waals surface area contributed by atoms with E-state index in [-0.39, 0.29) is 5.69 Å². The summed E-state index contributed by atoms with van der Waals surface area (Å²) in [6, 6.07) is 11.7. The van der Waals surface area contributed by atoms with E-state index in [9.17, 15) is 4.79 Å². The molecule has 0 atom stereocenters. The standard InChI is InChI=1S/C18H20N4O2/c1-12-8-9-15(10-14(12)3)24-11-16-13(2)6-5-7-17(16)22-18(23)21(4)19-20-22/h5-10H,11H2,1-4H3. The highest BCUT2D eigenvalue weighted by Crippen LogP contribution is 2.21. The fourth-order valence-corrected chi connectivity index (χ4v) is 2.50. The van der Waals surface area contributed by atoms with E-state index in [0.29, 0.717) is 12.3 Å². The van der Waals surface area contributed by atoms with E-state index < -0.39 is 0 Å². The lowest BCUT2D eigenvalue weighted by atomic mass is 10.1. The number of nitrogens with zero attached hydrogens (tertiary/aromatic N) is 4. The first-order valence-corrected chi connectivity index (χ1v) is 7.75. The average Bonchev–Trinajstić information content (AvgIpc) is 2.89. The molecule has 6 heteroatoms. The van der Waals surface area contributed by atoms with Crippen molar-refractivity contribution in [2.45, 2.75) is 27.4 Å². The van der Waals surface area contributed by atoms with Crippen LogP contribution in [0.1, 0.15) is 22.3 Å². The molecule has 24 heavy (non-hydrogen) atoms. The Morgan fingerprint density at radius 1 is 1.00 bits per heavy atom. The third kappa shape index (κ3) is 2.95. The average molecular weight is 324 g/mol. The highest BCUT2D eigenvalue weighted by Gasteiger charge is 2.13. The summed E-state index contributed by atoms with van der Waals surface area (Å²) in [5, 5.41) is 7.71. The first kappa shape index (κ1) is 16.0. The molecule has 0 saturated carbocycles. The number of rotatable bonds is 4. The van der Waals surface area contributed by atoms with Gasteiger partial charge in [-0.25, -0.2) is 4.79 Å². The Morgan fingerprint density at radius 3 is 2.46 bits per heavy atom. The predicted molar refractivity (Wildman–Crippen MR) is 91.6 cm³/mol. The van der Waals surface area contributed by atoms with E-state index in [1.807, 2.05) is 43.3 Å². The molecule has 0 unspecified atom stereocenters. The van der Waals surface area contributed by atoms with Gasteiger partial charge in [-0.2, -0.15) is 9.36 Å². The number of tetrazole rings is 1. The van der Waals surface area contributed by atoms with E-state index in [1.54, 1.807) is 7.05 Å². The molecule has 0 aliphatic heterocycles. The molecular weight excluding hydrogens is 304 g/mol. The zero-order valence-electron chi connectivity index (χ0n) is 14.3. The van der Waals surface area contributed by atoms with Gasteiger partial charge in [-0.15, -0.1) is 0 Å². The van der Waals surface area contributed by atoms with Crippen molar-refractivity contribution < 1.29 is 4.74 Å². The molecule has 2 aromatic carbocycles. The summed E-state index contributed by atoms with van der Waals surface area (Å²) >= 11 is 0. The number of aryl methyl sites for hydroxylation is 4. The lowest BCUT2D eigenvalue weighted by Crippen LogP contribution is -2.23. The van der Waals surface area contributed by atoms with Crippen molar-refractivity contribution in [1.82, 2.24) is 19.8 Å². The fraction of sp³-hybridized carbons (Fsp3) is 0.278. The fourth-order valence-electron chi connectivity index (χ4n) is 2.50. The molecule has 3 aromatic rings. The third-order valence-corrected chi connectivity index (χ3v) is 4.20. The molecule has 0 saturated heterocycles. The molecule has 0 aliphatic rings. The first-order valence-electron chi connectivity index (χ1n) is 7.75. The summed E-state index contributed by atoms with van der Waals surface area (Å²) in [5.41, 5.74) is 4.77. The molecule has 1 aromatic heterocycles. The van der Waals surface area contributed by atoms with Crippen LogP contribution in [0.2, 0.25) is 0 Å². The first-order chi connectivity index (χ1) is 11.5. The maximum atomic E-state index is 12.1. The van der Waals surface area contributed by atoms with Gasteiger partial charge in [0.2, 0.25) is 0 Å². The SMILES string of the molecule is Cc1ccc(OCc2c(C)cccc2-n2nnn(C)c2=O)cc1C. The molecule has 6 nitrogen and oxygen atoms in total. The molecule has 0 spiro atoms.